The predicted octanol–water partition coefficient (Wildman–Crippen LogP) is 8.14. The summed E-state index contributed by atoms with van der Waals surface area (Å²) in [6, 6.07) is 0. The van der Waals surface area contributed by atoms with Gasteiger partial charge in [-0.2, -0.15) is 0 Å². The molecule has 0 aromatic carbocycles. The minimum atomic E-state index is -0.560. The Morgan fingerprint density at radius 2 is 0.721 bits per heavy atom. The van der Waals surface area contributed by atoms with E-state index in [2.05, 4.69) is 56.5 Å². The molecular weight excluding hydrogens is 538 g/mol. The van der Waals surface area contributed by atoms with Gasteiger partial charge in [0.15, 0.2) is 0 Å². The maximum atomic E-state index is 13.1. The highest BCUT2D eigenvalue weighted by Gasteiger charge is 2.28. The standard InChI is InChI=1S/C36H55N3O4/c1-13-21-22(14-2)28(20-30-24(16-4)26(18-6)32(39-30)34(41)43-36(10,11)12)37-27(21)19-29-23(15-3)25(17-5)31(38-29)33(40)42-35(7,8)9/h37-39H,13-20H2,1-12H3. The molecule has 0 atom stereocenters. The molecule has 0 bridgehead atoms. The van der Waals surface area contributed by atoms with E-state index in [1.54, 1.807) is 0 Å². The second kappa shape index (κ2) is 13.6. The molecule has 238 valence electrons. The minimum Gasteiger partial charge on any atom is -0.455 e. The lowest BCUT2D eigenvalue weighted by atomic mass is 9.97. The number of hydrogen-bond acceptors (Lipinski definition) is 4. The molecule has 3 aromatic rings. The van der Waals surface area contributed by atoms with Gasteiger partial charge in [-0.3, -0.25) is 0 Å². The molecule has 43 heavy (non-hydrogen) atoms. The third kappa shape index (κ3) is 7.66. The number of hydrogen-bond donors (Lipinski definition) is 3. The van der Waals surface area contributed by atoms with Gasteiger partial charge in [-0.05, 0) is 113 Å². The van der Waals surface area contributed by atoms with Gasteiger partial charge in [-0.15, -0.1) is 0 Å². The van der Waals surface area contributed by atoms with Crippen LogP contribution in [0.15, 0.2) is 0 Å². The fraction of sp³-hybridized carbons (Fsp3) is 0.611. The van der Waals surface area contributed by atoms with Gasteiger partial charge in [0.1, 0.15) is 22.6 Å². The zero-order valence-corrected chi connectivity index (χ0v) is 28.8. The van der Waals surface area contributed by atoms with E-state index in [1.165, 1.54) is 33.6 Å². The molecule has 0 fully saturated rings. The van der Waals surface area contributed by atoms with Crippen LogP contribution in [-0.2, 0) is 60.8 Å². The van der Waals surface area contributed by atoms with E-state index in [4.69, 9.17) is 9.47 Å². The molecule has 7 heteroatoms. The summed E-state index contributed by atoms with van der Waals surface area (Å²) in [5, 5.41) is 0. The number of aromatic nitrogens is 3. The third-order valence-electron chi connectivity index (χ3n) is 8.04. The number of carbonyl (C=O) groups is 2. The minimum absolute atomic E-state index is 0.297. The van der Waals surface area contributed by atoms with Gasteiger partial charge < -0.3 is 24.4 Å². The molecule has 0 unspecified atom stereocenters. The van der Waals surface area contributed by atoms with Crippen LogP contribution in [0.2, 0.25) is 0 Å². The van der Waals surface area contributed by atoms with Crippen molar-refractivity contribution in [2.24, 2.45) is 0 Å². The number of rotatable bonds is 12. The normalized spacial score (nSPS) is 12.2. The van der Waals surface area contributed by atoms with Crippen LogP contribution in [0.25, 0.3) is 0 Å². The van der Waals surface area contributed by atoms with Crippen LogP contribution < -0.4 is 0 Å². The first-order valence-corrected chi connectivity index (χ1v) is 16.3. The summed E-state index contributed by atoms with van der Waals surface area (Å²) < 4.78 is 11.5. The van der Waals surface area contributed by atoms with Crippen LogP contribution in [0.1, 0.15) is 160 Å². The molecule has 3 N–H and O–H groups in total. The first-order chi connectivity index (χ1) is 20.1. The first-order valence-electron chi connectivity index (χ1n) is 16.3. The lowest BCUT2D eigenvalue weighted by Gasteiger charge is -2.19. The Morgan fingerprint density at radius 1 is 0.465 bits per heavy atom. The van der Waals surface area contributed by atoms with Crippen molar-refractivity contribution in [3.8, 4) is 0 Å². The van der Waals surface area contributed by atoms with Gasteiger partial charge in [-0.1, -0.05) is 41.5 Å². The Morgan fingerprint density at radius 3 is 0.977 bits per heavy atom. The lowest BCUT2D eigenvalue weighted by molar-refractivity contribution is 0.00498. The van der Waals surface area contributed by atoms with Crippen molar-refractivity contribution in [1.82, 2.24) is 15.0 Å². The molecule has 0 saturated carbocycles. The maximum Gasteiger partial charge on any atom is 0.355 e. The van der Waals surface area contributed by atoms with Crippen molar-refractivity contribution < 1.29 is 19.1 Å². The molecule has 0 saturated heterocycles. The SMILES string of the molecule is CCc1c(Cc2[nH]c(C(=O)OC(C)(C)C)c(CC)c2CC)[nH]c(Cc2[nH]c(C(=O)OC(C)(C)C)c(CC)c2CC)c1CC. The average molecular weight is 594 g/mol. The zero-order valence-electron chi connectivity index (χ0n) is 28.8. The van der Waals surface area contributed by atoms with E-state index >= 15 is 0 Å². The fourth-order valence-electron chi connectivity index (χ4n) is 6.42. The summed E-state index contributed by atoms with van der Waals surface area (Å²) in [7, 11) is 0. The molecule has 0 aliphatic rings. The van der Waals surface area contributed by atoms with Crippen LogP contribution in [0.4, 0.5) is 0 Å². The molecule has 0 aliphatic heterocycles. The zero-order chi connectivity index (χ0) is 32.3. The van der Waals surface area contributed by atoms with Crippen molar-refractivity contribution in [2.45, 2.75) is 146 Å². The van der Waals surface area contributed by atoms with Gasteiger partial charge >= 0.3 is 11.9 Å². The molecule has 7 nitrogen and oxygen atoms in total. The summed E-state index contributed by atoms with van der Waals surface area (Å²) in [6.07, 6.45) is 6.38. The van der Waals surface area contributed by atoms with Crippen LogP contribution in [0.5, 0.6) is 0 Å². The molecule has 3 rings (SSSR count). The highest BCUT2D eigenvalue weighted by molar-refractivity contribution is 5.91. The Kier molecular flexibility index (Phi) is 10.8. The topological polar surface area (TPSA) is 100.0 Å². The maximum absolute atomic E-state index is 13.1. The number of ether oxygens (including phenoxy) is 2. The Hall–Kier alpha value is -3.22. The average Bonchev–Trinajstić information content (AvgIpc) is 3.56. The smallest absolute Gasteiger partial charge is 0.355 e. The summed E-state index contributed by atoms with van der Waals surface area (Å²) in [5.74, 6) is -0.595. The lowest BCUT2D eigenvalue weighted by Crippen LogP contribution is -2.24. The highest BCUT2D eigenvalue weighted by atomic mass is 16.6. The van der Waals surface area contributed by atoms with Crippen molar-refractivity contribution in [3.05, 3.63) is 67.5 Å². The van der Waals surface area contributed by atoms with Crippen molar-refractivity contribution in [1.29, 1.82) is 0 Å². The van der Waals surface area contributed by atoms with Crippen LogP contribution in [-0.4, -0.2) is 38.1 Å². The quantitative estimate of drug-likeness (QED) is 0.185. The van der Waals surface area contributed by atoms with Gasteiger partial charge in [0.25, 0.3) is 0 Å². The van der Waals surface area contributed by atoms with E-state index in [0.29, 0.717) is 24.2 Å². The van der Waals surface area contributed by atoms with E-state index in [9.17, 15) is 9.59 Å². The van der Waals surface area contributed by atoms with Crippen molar-refractivity contribution in [3.63, 3.8) is 0 Å². The summed E-state index contributed by atoms with van der Waals surface area (Å²) in [5.41, 5.74) is 11.7. The molecule has 0 spiro atoms. The fourth-order valence-corrected chi connectivity index (χ4v) is 6.42. The second-order valence-electron chi connectivity index (χ2n) is 13.4. The highest BCUT2D eigenvalue weighted by Crippen LogP contribution is 2.31. The Labute approximate surface area is 258 Å². The van der Waals surface area contributed by atoms with Crippen LogP contribution in [0, 0.1) is 0 Å². The molecule has 0 amide bonds. The monoisotopic (exact) mass is 593 g/mol. The largest absolute Gasteiger partial charge is 0.455 e. The van der Waals surface area contributed by atoms with E-state index in [1.807, 2.05) is 41.5 Å². The summed E-state index contributed by atoms with van der Waals surface area (Å²) in [6.45, 7) is 24.3. The third-order valence-corrected chi connectivity index (χ3v) is 8.04. The molecule has 0 radical (unpaired) electrons. The van der Waals surface area contributed by atoms with E-state index in [-0.39, 0.29) is 11.9 Å². The number of H-pyrrole nitrogens is 3. The van der Waals surface area contributed by atoms with Gasteiger partial charge in [0.2, 0.25) is 0 Å². The van der Waals surface area contributed by atoms with Crippen LogP contribution >= 0.6 is 0 Å². The Bertz CT molecular complexity index is 1330. The molecular formula is C36H55N3O4. The van der Waals surface area contributed by atoms with Gasteiger partial charge in [-0.25, -0.2) is 9.59 Å². The summed E-state index contributed by atoms with van der Waals surface area (Å²) in [4.78, 5) is 37.1. The van der Waals surface area contributed by atoms with Crippen molar-refractivity contribution in [2.75, 3.05) is 0 Å². The van der Waals surface area contributed by atoms with Crippen LogP contribution in [0.3, 0.4) is 0 Å². The molecule has 0 aliphatic carbocycles. The van der Waals surface area contributed by atoms with E-state index in [0.717, 1.165) is 61.0 Å². The molecule has 3 heterocycles. The van der Waals surface area contributed by atoms with Gasteiger partial charge in [0, 0.05) is 35.6 Å². The second-order valence-corrected chi connectivity index (χ2v) is 13.4. The number of carbonyl (C=O) groups excluding carboxylic acids is 2. The predicted molar refractivity (Wildman–Crippen MR) is 175 cm³/mol. The number of esters is 2. The number of aromatic amines is 3. The molecule has 3 aromatic heterocycles. The summed E-state index contributed by atoms with van der Waals surface area (Å²) >= 11 is 0. The number of nitrogens with one attached hydrogen (secondary N) is 3. The van der Waals surface area contributed by atoms with Gasteiger partial charge in [0.05, 0.1) is 0 Å². The first kappa shape index (κ1) is 34.3. The van der Waals surface area contributed by atoms with E-state index < -0.39 is 11.2 Å². The van der Waals surface area contributed by atoms with Crippen molar-refractivity contribution >= 4 is 11.9 Å². The Balaban J connectivity index is 2.07.